The van der Waals surface area contributed by atoms with Gasteiger partial charge in [-0.3, -0.25) is 4.79 Å². The molecule has 2 radical (unpaired) electrons. The molecule has 1 saturated carbocycles. The van der Waals surface area contributed by atoms with E-state index in [-0.39, 0.29) is 29.9 Å². The summed E-state index contributed by atoms with van der Waals surface area (Å²) < 4.78 is 5.67. The van der Waals surface area contributed by atoms with Crippen molar-refractivity contribution in [1.82, 2.24) is 0 Å². The summed E-state index contributed by atoms with van der Waals surface area (Å²) in [7, 11) is 0. The molecule has 0 aliphatic heterocycles. The van der Waals surface area contributed by atoms with Gasteiger partial charge in [-0.05, 0) is 65.2 Å². The fourth-order valence-corrected chi connectivity index (χ4v) is 3.52. The average molecular weight is 282 g/mol. The Labute approximate surface area is 124 Å². The van der Waals surface area contributed by atoms with Crippen LogP contribution in [0.4, 0.5) is 0 Å². The predicted octanol–water partition coefficient (Wildman–Crippen LogP) is 3.60. The van der Waals surface area contributed by atoms with E-state index in [9.17, 15) is 4.79 Å². The molecule has 0 spiro atoms. The molecule has 0 saturated heterocycles. The van der Waals surface area contributed by atoms with Crippen LogP contribution in [-0.4, -0.2) is 17.0 Å². The molecule has 0 amide bonds. The summed E-state index contributed by atoms with van der Waals surface area (Å²) >= 11 is 0. The first kappa shape index (κ1) is 19.2. The molecule has 0 aromatic rings. The van der Waals surface area contributed by atoms with E-state index >= 15 is 0 Å². The number of rotatable bonds is 1. The Hall–Kier alpha value is -0.830. The van der Waals surface area contributed by atoms with E-state index in [4.69, 9.17) is 4.74 Å². The van der Waals surface area contributed by atoms with Crippen LogP contribution < -0.4 is 0 Å². The first-order valence-corrected chi connectivity index (χ1v) is 7.23. The lowest BCUT2D eigenvalue weighted by Gasteiger charge is -2.45. The molecule has 2 aliphatic rings. The third-order valence-corrected chi connectivity index (χ3v) is 4.46. The number of ether oxygens (including phenoxy) is 1. The van der Waals surface area contributed by atoms with Crippen LogP contribution in [0.15, 0.2) is 12.2 Å². The van der Waals surface area contributed by atoms with Crippen LogP contribution in [0.3, 0.4) is 0 Å². The molecule has 2 aliphatic carbocycles. The summed E-state index contributed by atoms with van der Waals surface area (Å²) in [6.45, 7) is 7.98. The van der Waals surface area contributed by atoms with Crippen molar-refractivity contribution >= 4 is 5.97 Å². The van der Waals surface area contributed by atoms with E-state index in [0.717, 1.165) is 25.7 Å². The van der Waals surface area contributed by atoms with E-state index in [2.05, 4.69) is 19.1 Å². The van der Waals surface area contributed by atoms with Gasteiger partial charge in [0.15, 0.2) is 0 Å². The molecular weight excluding hydrogens is 252 g/mol. The van der Waals surface area contributed by atoms with E-state index in [0.29, 0.717) is 11.8 Å². The Morgan fingerprint density at radius 3 is 2.55 bits per heavy atom. The van der Waals surface area contributed by atoms with Crippen LogP contribution in [0.2, 0.25) is 0 Å². The quantitative estimate of drug-likeness (QED) is 0.545. The number of hydrogen-bond acceptors (Lipinski definition) is 2. The average Bonchev–Trinajstić information content (AvgIpc) is 2.27. The maximum atomic E-state index is 12.5. The highest BCUT2D eigenvalue weighted by atomic mass is 16.6. The number of carbonyl (C=O) groups is 1. The number of fused-ring (bicyclic) bond motifs is 1. The standard InChI is InChI=1S/C16H26O2.CH2.H2O/c1-15(2,3)18-14(17)16(4)11-7-9-12-8-5-6-10-13(12)16;;/h5,8,12-13H,6-7,9-11H2,1-4H3;2*1H2. The molecular formula is C17H30O3. The lowest BCUT2D eigenvalue weighted by molar-refractivity contribution is -0.174. The zero-order valence-corrected chi connectivity index (χ0v) is 13.4. The molecule has 0 bridgehead atoms. The number of carbonyl (C=O) groups excluding carboxylic acids is 1. The molecule has 3 heteroatoms. The molecule has 0 aromatic carbocycles. The van der Waals surface area contributed by atoms with Crippen LogP contribution in [0.5, 0.6) is 0 Å². The fourth-order valence-electron chi connectivity index (χ4n) is 3.52. The first-order chi connectivity index (χ1) is 8.33. The minimum absolute atomic E-state index is 0. The molecule has 0 aromatic heterocycles. The Kier molecular flexibility index (Phi) is 6.47. The molecule has 3 atom stereocenters. The Morgan fingerprint density at radius 2 is 1.95 bits per heavy atom. The number of hydrogen-bond donors (Lipinski definition) is 0. The second-order valence-electron chi connectivity index (χ2n) is 7.09. The van der Waals surface area contributed by atoms with E-state index in [1.54, 1.807) is 0 Å². The lowest BCUT2D eigenvalue weighted by Crippen LogP contribution is -2.46. The fraction of sp³-hybridized carbons (Fsp3) is 0.765. The van der Waals surface area contributed by atoms with Gasteiger partial charge in [-0.1, -0.05) is 26.0 Å². The summed E-state index contributed by atoms with van der Waals surface area (Å²) in [6.07, 6.45) is 10.2. The van der Waals surface area contributed by atoms with Crippen LogP contribution in [0.1, 0.15) is 59.8 Å². The van der Waals surface area contributed by atoms with Crippen molar-refractivity contribution in [1.29, 1.82) is 0 Å². The van der Waals surface area contributed by atoms with Gasteiger partial charge >= 0.3 is 5.97 Å². The number of esters is 1. The highest BCUT2D eigenvalue weighted by molar-refractivity contribution is 5.77. The Morgan fingerprint density at radius 1 is 1.30 bits per heavy atom. The minimum atomic E-state index is -0.377. The van der Waals surface area contributed by atoms with Gasteiger partial charge in [0, 0.05) is 0 Å². The maximum absolute atomic E-state index is 12.5. The summed E-state index contributed by atoms with van der Waals surface area (Å²) in [5.74, 6) is 1.08. The zero-order valence-electron chi connectivity index (χ0n) is 13.4. The number of allylic oxidation sites excluding steroid dienone is 2. The van der Waals surface area contributed by atoms with Gasteiger partial charge in [-0.15, -0.1) is 0 Å². The second kappa shape index (κ2) is 6.75. The molecule has 1 fully saturated rings. The molecule has 2 rings (SSSR count). The lowest BCUT2D eigenvalue weighted by atomic mass is 9.59. The molecule has 0 heterocycles. The highest BCUT2D eigenvalue weighted by Crippen LogP contribution is 2.49. The topological polar surface area (TPSA) is 57.8 Å². The van der Waals surface area contributed by atoms with Gasteiger partial charge in [0.2, 0.25) is 0 Å². The van der Waals surface area contributed by atoms with Crippen molar-refractivity contribution in [3.05, 3.63) is 19.6 Å². The van der Waals surface area contributed by atoms with Gasteiger partial charge < -0.3 is 10.2 Å². The van der Waals surface area contributed by atoms with Gasteiger partial charge in [0.05, 0.1) is 5.41 Å². The SMILES string of the molecule is CC(C)(C)OC(=O)C1(C)CCCC2C=CCCC21.O.[CH2]. The first-order valence-electron chi connectivity index (χ1n) is 7.23. The van der Waals surface area contributed by atoms with Crippen molar-refractivity contribution in [3.8, 4) is 0 Å². The van der Waals surface area contributed by atoms with Gasteiger partial charge in [-0.2, -0.15) is 0 Å². The van der Waals surface area contributed by atoms with Crippen LogP contribution in [0, 0.1) is 24.7 Å². The zero-order chi connectivity index (χ0) is 13.4. The summed E-state index contributed by atoms with van der Waals surface area (Å²) in [6, 6.07) is 0. The predicted molar refractivity (Wildman–Crippen MR) is 82.1 cm³/mol. The van der Waals surface area contributed by atoms with Crippen molar-refractivity contribution in [2.75, 3.05) is 0 Å². The maximum Gasteiger partial charge on any atom is 0.312 e. The van der Waals surface area contributed by atoms with E-state index in [1.165, 1.54) is 6.42 Å². The minimum Gasteiger partial charge on any atom is -0.460 e. The van der Waals surface area contributed by atoms with Crippen LogP contribution in [0.25, 0.3) is 0 Å². The molecule has 2 N–H and O–H groups in total. The summed E-state index contributed by atoms with van der Waals surface area (Å²) in [4.78, 5) is 12.5. The molecule has 20 heavy (non-hydrogen) atoms. The largest absolute Gasteiger partial charge is 0.460 e. The second-order valence-corrected chi connectivity index (χ2v) is 7.09. The monoisotopic (exact) mass is 282 g/mol. The van der Waals surface area contributed by atoms with Crippen LogP contribution >= 0.6 is 0 Å². The Bertz CT molecular complexity index is 354. The smallest absolute Gasteiger partial charge is 0.312 e. The highest BCUT2D eigenvalue weighted by Gasteiger charge is 2.48. The summed E-state index contributed by atoms with van der Waals surface area (Å²) in [5.41, 5.74) is -0.654. The van der Waals surface area contributed by atoms with E-state index in [1.807, 2.05) is 20.8 Å². The normalized spacial score (nSPS) is 32.4. The molecule has 116 valence electrons. The van der Waals surface area contributed by atoms with Gasteiger partial charge in [0.25, 0.3) is 0 Å². The van der Waals surface area contributed by atoms with Crippen molar-refractivity contribution in [3.63, 3.8) is 0 Å². The molecule has 3 unspecified atom stereocenters. The van der Waals surface area contributed by atoms with E-state index < -0.39 is 0 Å². The van der Waals surface area contributed by atoms with Crippen molar-refractivity contribution < 1.29 is 15.0 Å². The van der Waals surface area contributed by atoms with Crippen LogP contribution in [-0.2, 0) is 9.53 Å². The Balaban J connectivity index is 0.00000180. The summed E-state index contributed by atoms with van der Waals surface area (Å²) in [5, 5.41) is 0. The van der Waals surface area contributed by atoms with Gasteiger partial charge in [-0.25, -0.2) is 0 Å². The van der Waals surface area contributed by atoms with Crippen molar-refractivity contribution in [2.45, 2.75) is 65.4 Å². The van der Waals surface area contributed by atoms with Crippen molar-refractivity contribution in [2.24, 2.45) is 17.3 Å². The molecule has 3 nitrogen and oxygen atoms in total. The van der Waals surface area contributed by atoms with Gasteiger partial charge in [0.1, 0.15) is 5.60 Å². The third-order valence-electron chi connectivity index (χ3n) is 4.46. The third kappa shape index (κ3) is 3.85.